The van der Waals surface area contributed by atoms with Gasteiger partial charge < -0.3 is 19.5 Å². The van der Waals surface area contributed by atoms with Gasteiger partial charge in [0.1, 0.15) is 0 Å². The van der Waals surface area contributed by atoms with E-state index in [4.69, 9.17) is 4.74 Å². The molecule has 0 spiro atoms. The van der Waals surface area contributed by atoms with Crippen LogP contribution in [0, 0.1) is 0 Å². The Morgan fingerprint density at radius 3 is 2.28 bits per heavy atom. The van der Waals surface area contributed by atoms with Crippen molar-refractivity contribution in [1.82, 2.24) is 19.8 Å². The van der Waals surface area contributed by atoms with Crippen LogP contribution < -0.4 is 4.74 Å². The molecule has 6 rings (SSSR count). The van der Waals surface area contributed by atoms with Crippen molar-refractivity contribution in [3.63, 3.8) is 0 Å². The van der Waals surface area contributed by atoms with Crippen LogP contribution in [-0.4, -0.2) is 65.1 Å². The number of rotatable bonds is 6. The summed E-state index contributed by atoms with van der Waals surface area (Å²) in [5, 5.41) is 1.38. The van der Waals surface area contributed by atoms with Crippen molar-refractivity contribution in [2.45, 2.75) is 82.7 Å². The molecule has 3 aromatic rings. The van der Waals surface area contributed by atoms with Gasteiger partial charge in [0.25, 0.3) is 0 Å². The van der Waals surface area contributed by atoms with Crippen molar-refractivity contribution in [2.75, 3.05) is 33.3 Å². The maximum atomic E-state index is 5.37. The van der Waals surface area contributed by atoms with E-state index < -0.39 is 0 Å². The molecule has 0 bridgehead atoms. The molecule has 1 saturated carbocycles. The molecule has 5 nitrogen and oxygen atoms in total. The third kappa shape index (κ3) is 4.68. The van der Waals surface area contributed by atoms with E-state index in [0.29, 0.717) is 11.8 Å². The van der Waals surface area contributed by atoms with Crippen molar-refractivity contribution in [3.8, 4) is 17.1 Å². The highest BCUT2D eigenvalue weighted by atomic mass is 16.5. The predicted octanol–water partition coefficient (Wildman–Crippen LogP) is 6.39. The van der Waals surface area contributed by atoms with Crippen LogP contribution in [0.3, 0.4) is 0 Å². The zero-order valence-electron chi connectivity index (χ0n) is 22.1. The first kappa shape index (κ1) is 24.0. The van der Waals surface area contributed by atoms with Crippen LogP contribution >= 0.6 is 0 Å². The molecular formula is C31H42N4O. The van der Waals surface area contributed by atoms with E-state index in [1.54, 1.807) is 7.11 Å². The average molecular weight is 487 g/mol. The number of aryl methyl sites for hydroxylation is 1. The minimum absolute atomic E-state index is 0.657. The molecule has 4 heterocycles. The number of fused-ring (bicyclic) bond motifs is 1. The number of likely N-dealkylation sites (tertiary alicyclic amines) is 2. The fourth-order valence-electron chi connectivity index (χ4n) is 7.29. The maximum absolute atomic E-state index is 5.37. The highest BCUT2D eigenvalue weighted by molar-refractivity contribution is 5.91. The first-order valence-electron chi connectivity index (χ1n) is 14.4. The van der Waals surface area contributed by atoms with Crippen LogP contribution in [0.5, 0.6) is 5.88 Å². The van der Waals surface area contributed by atoms with E-state index in [1.165, 1.54) is 105 Å². The number of pyridine rings is 1. The number of nitrogens with one attached hydrogen (secondary N) is 1. The zero-order valence-corrected chi connectivity index (χ0v) is 22.1. The highest BCUT2D eigenvalue weighted by Gasteiger charge is 2.31. The van der Waals surface area contributed by atoms with E-state index in [0.717, 1.165) is 24.1 Å². The minimum Gasteiger partial charge on any atom is -0.481 e. The number of H-pyrrole nitrogens is 1. The summed E-state index contributed by atoms with van der Waals surface area (Å²) < 4.78 is 5.37. The van der Waals surface area contributed by atoms with Crippen LogP contribution in [0.2, 0.25) is 0 Å². The summed E-state index contributed by atoms with van der Waals surface area (Å²) in [6, 6.07) is 13.0. The van der Waals surface area contributed by atoms with E-state index >= 15 is 0 Å². The van der Waals surface area contributed by atoms with E-state index in [-0.39, 0.29) is 0 Å². The van der Waals surface area contributed by atoms with Crippen LogP contribution in [0.25, 0.3) is 22.2 Å². The normalized spacial score (nSPS) is 21.5. The summed E-state index contributed by atoms with van der Waals surface area (Å²) in [4.78, 5) is 13.6. The summed E-state index contributed by atoms with van der Waals surface area (Å²) in [6.45, 7) is 7.42. The average Bonchev–Trinajstić information content (AvgIpc) is 3.61. The first-order valence-corrected chi connectivity index (χ1v) is 14.4. The lowest BCUT2D eigenvalue weighted by Gasteiger charge is -2.43. The lowest BCUT2D eigenvalue weighted by atomic mass is 9.87. The zero-order chi connectivity index (χ0) is 24.5. The molecule has 0 unspecified atom stereocenters. The third-order valence-electron chi connectivity index (χ3n) is 9.37. The second-order valence-corrected chi connectivity index (χ2v) is 11.2. The number of aromatic amines is 1. The molecule has 36 heavy (non-hydrogen) atoms. The first-order chi connectivity index (χ1) is 17.7. The van der Waals surface area contributed by atoms with Gasteiger partial charge in [-0.25, -0.2) is 4.98 Å². The smallest absolute Gasteiger partial charge is 0.213 e. The number of methoxy groups -OCH3 is 1. The topological polar surface area (TPSA) is 44.4 Å². The van der Waals surface area contributed by atoms with Crippen molar-refractivity contribution >= 4 is 10.9 Å². The molecule has 3 aliphatic rings. The molecule has 1 N–H and O–H groups in total. The SMILES string of the molecule is CCc1c(-c2ccnc(OC)c2)[nH]c2ccc(C3CCN(C4CCN(C5CCCC5)CC4)CC3)cc12. The second kappa shape index (κ2) is 10.5. The summed E-state index contributed by atoms with van der Waals surface area (Å²) >= 11 is 0. The van der Waals surface area contributed by atoms with E-state index in [2.05, 4.69) is 51.0 Å². The van der Waals surface area contributed by atoms with Gasteiger partial charge >= 0.3 is 0 Å². The molecule has 0 radical (unpaired) electrons. The number of nitrogens with zero attached hydrogens (tertiary/aromatic N) is 3. The maximum Gasteiger partial charge on any atom is 0.213 e. The largest absolute Gasteiger partial charge is 0.481 e. The number of benzene rings is 1. The number of ether oxygens (including phenoxy) is 1. The number of hydrogen-bond acceptors (Lipinski definition) is 4. The van der Waals surface area contributed by atoms with Gasteiger partial charge in [-0.05, 0) is 106 Å². The Hall–Kier alpha value is -2.37. The summed E-state index contributed by atoms with van der Waals surface area (Å²) in [5.41, 5.74) is 6.48. The van der Waals surface area contributed by atoms with E-state index in [1.807, 2.05) is 12.3 Å². The van der Waals surface area contributed by atoms with Crippen molar-refractivity contribution in [1.29, 1.82) is 0 Å². The van der Waals surface area contributed by atoms with Crippen LogP contribution in [-0.2, 0) is 6.42 Å². The van der Waals surface area contributed by atoms with Gasteiger partial charge in [0.15, 0.2) is 0 Å². The summed E-state index contributed by atoms with van der Waals surface area (Å²) in [5.74, 6) is 1.33. The standard InChI is InChI=1S/C31H42N4O/c1-3-27-28-20-23(8-9-29(28)33-31(27)24-10-15-32-30(21-24)36-2)22-11-16-34(17-12-22)26-13-18-35(19-14-26)25-6-4-5-7-25/h8-10,15,20-22,25-26,33H,3-7,11-14,16-19H2,1-2H3. The molecule has 5 heteroatoms. The fraction of sp³-hybridized carbons (Fsp3) is 0.581. The van der Waals surface area contributed by atoms with Gasteiger partial charge in [0.2, 0.25) is 5.88 Å². The number of aromatic nitrogens is 2. The van der Waals surface area contributed by atoms with Gasteiger partial charge in [-0.15, -0.1) is 0 Å². The van der Waals surface area contributed by atoms with Gasteiger partial charge in [0, 0.05) is 46.5 Å². The lowest BCUT2D eigenvalue weighted by molar-refractivity contribution is 0.0696. The molecule has 0 atom stereocenters. The second-order valence-electron chi connectivity index (χ2n) is 11.2. The van der Waals surface area contributed by atoms with Gasteiger partial charge in [-0.3, -0.25) is 0 Å². The fourth-order valence-corrected chi connectivity index (χ4v) is 7.29. The van der Waals surface area contributed by atoms with Crippen molar-refractivity contribution < 1.29 is 4.74 Å². The lowest BCUT2D eigenvalue weighted by Crippen LogP contribution is -2.49. The van der Waals surface area contributed by atoms with Gasteiger partial charge in [-0.2, -0.15) is 0 Å². The molecular weight excluding hydrogens is 444 g/mol. The Balaban J connectivity index is 1.13. The predicted molar refractivity (Wildman–Crippen MR) is 148 cm³/mol. The Morgan fingerprint density at radius 1 is 0.889 bits per heavy atom. The molecule has 0 amide bonds. The molecule has 1 aromatic carbocycles. The Kier molecular flexibility index (Phi) is 7.03. The Morgan fingerprint density at radius 2 is 1.58 bits per heavy atom. The Bertz CT molecular complexity index is 1160. The number of hydrogen-bond donors (Lipinski definition) is 1. The Labute approximate surface area is 216 Å². The molecule has 2 saturated heterocycles. The van der Waals surface area contributed by atoms with Crippen LogP contribution in [0.4, 0.5) is 0 Å². The quantitative estimate of drug-likeness (QED) is 0.439. The molecule has 192 valence electrons. The van der Waals surface area contributed by atoms with Crippen LogP contribution in [0.15, 0.2) is 36.5 Å². The van der Waals surface area contributed by atoms with Crippen LogP contribution in [0.1, 0.15) is 75.3 Å². The highest BCUT2D eigenvalue weighted by Crippen LogP contribution is 2.37. The molecule has 3 fully saturated rings. The summed E-state index contributed by atoms with van der Waals surface area (Å²) in [6.07, 6.45) is 13.9. The van der Waals surface area contributed by atoms with Crippen molar-refractivity contribution in [2.24, 2.45) is 0 Å². The monoisotopic (exact) mass is 486 g/mol. The molecule has 1 aliphatic carbocycles. The summed E-state index contributed by atoms with van der Waals surface area (Å²) in [7, 11) is 1.68. The third-order valence-corrected chi connectivity index (χ3v) is 9.37. The van der Waals surface area contributed by atoms with Gasteiger partial charge in [0.05, 0.1) is 7.11 Å². The molecule has 2 aliphatic heterocycles. The number of piperidine rings is 2. The van der Waals surface area contributed by atoms with Gasteiger partial charge in [-0.1, -0.05) is 25.8 Å². The molecule has 2 aromatic heterocycles. The minimum atomic E-state index is 0.657. The van der Waals surface area contributed by atoms with E-state index in [9.17, 15) is 0 Å². The van der Waals surface area contributed by atoms with Crippen molar-refractivity contribution in [3.05, 3.63) is 47.7 Å².